The number of nitrogens with zero attached hydrogens (tertiary/aromatic N) is 2. The van der Waals surface area contributed by atoms with E-state index in [4.69, 9.17) is 0 Å². The number of rotatable bonds is 4. The summed E-state index contributed by atoms with van der Waals surface area (Å²) in [5.74, 6) is -1.11. The van der Waals surface area contributed by atoms with Crippen LogP contribution >= 0.6 is 0 Å². The Bertz CT molecular complexity index is 750. The average Bonchev–Trinajstić information content (AvgIpc) is 2.41. The number of fused-ring (bicyclic) bond motifs is 1. The number of aromatic nitrogens is 1. The zero-order valence-electron chi connectivity index (χ0n) is 10.6. The molecule has 0 saturated heterocycles. The second kappa shape index (κ2) is 5.12. The molecule has 7 heteroatoms. The topological polar surface area (TPSA) is 102 Å². The Morgan fingerprint density at radius 1 is 1.40 bits per heavy atom. The van der Waals surface area contributed by atoms with Gasteiger partial charge in [-0.1, -0.05) is 6.92 Å². The minimum Gasteiger partial charge on any atom is -0.480 e. The van der Waals surface area contributed by atoms with E-state index in [1.165, 1.54) is 30.3 Å². The summed E-state index contributed by atoms with van der Waals surface area (Å²) in [5, 5.41) is 20.4. The molecular weight excluding hydrogens is 264 g/mol. The summed E-state index contributed by atoms with van der Waals surface area (Å²) >= 11 is 0. The first-order chi connectivity index (χ1) is 9.45. The lowest BCUT2D eigenvalue weighted by Gasteiger charge is -2.16. The summed E-state index contributed by atoms with van der Waals surface area (Å²) in [5.41, 5.74) is -0.177. The Morgan fingerprint density at radius 3 is 2.65 bits per heavy atom. The SMILES string of the molecule is CCC(C(=O)O)n1c(=O)ccc2cc([N+](=O)[O-])ccc21. The van der Waals surface area contributed by atoms with Crippen LogP contribution in [0.2, 0.25) is 0 Å². The largest absolute Gasteiger partial charge is 0.480 e. The van der Waals surface area contributed by atoms with Gasteiger partial charge in [-0.25, -0.2) is 4.79 Å². The summed E-state index contributed by atoms with van der Waals surface area (Å²) in [6.07, 6.45) is 0.241. The Hall–Kier alpha value is -2.70. The number of aliphatic carboxylic acids is 1. The van der Waals surface area contributed by atoms with Gasteiger partial charge in [-0.05, 0) is 18.6 Å². The van der Waals surface area contributed by atoms with Crippen LogP contribution in [-0.4, -0.2) is 20.6 Å². The van der Waals surface area contributed by atoms with Gasteiger partial charge in [0.15, 0.2) is 0 Å². The van der Waals surface area contributed by atoms with Crippen molar-refractivity contribution in [2.75, 3.05) is 0 Å². The molecule has 1 aromatic heterocycles. The molecule has 0 aliphatic heterocycles. The van der Waals surface area contributed by atoms with Crippen LogP contribution in [0.25, 0.3) is 10.9 Å². The number of nitro groups is 1. The van der Waals surface area contributed by atoms with Gasteiger partial charge in [-0.15, -0.1) is 0 Å². The van der Waals surface area contributed by atoms with E-state index in [1.54, 1.807) is 6.92 Å². The van der Waals surface area contributed by atoms with Gasteiger partial charge in [0.25, 0.3) is 11.2 Å². The van der Waals surface area contributed by atoms with E-state index in [0.29, 0.717) is 10.9 Å². The minimum atomic E-state index is -1.11. The van der Waals surface area contributed by atoms with Crippen molar-refractivity contribution in [2.45, 2.75) is 19.4 Å². The smallest absolute Gasteiger partial charge is 0.326 e. The highest BCUT2D eigenvalue weighted by Crippen LogP contribution is 2.22. The number of nitro benzene ring substituents is 1. The molecule has 1 heterocycles. The molecule has 1 unspecified atom stereocenters. The molecule has 0 radical (unpaired) electrons. The van der Waals surface area contributed by atoms with Crippen LogP contribution in [0.3, 0.4) is 0 Å². The van der Waals surface area contributed by atoms with Crippen LogP contribution in [0.4, 0.5) is 5.69 Å². The first kappa shape index (κ1) is 13.7. The van der Waals surface area contributed by atoms with Gasteiger partial charge in [0, 0.05) is 23.6 Å². The lowest BCUT2D eigenvalue weighted by molar-refractivity contribution is -0.384. The highest BCUT2D eigenvalue weighted by molar-refractivity contribution is 5.83. The minimum absolute atomic E-state index is 0.105. The number of hydrogen-bond donors (Lipinski definition) is 1. The zero-order valence-corrected chi connectivity index (χ0v) is 10.6. The molecule has 2 rings (SSSR count). The quantitative estimate of drug-likeness (QED) is 0.679. The maximum Gasteiger partial charge on any atom is 0.326 e. The fourth-order valence-electron chi connectivity index (χ4n) is 2.16. The summed E-state index contributed by atoms with van der Waals surface area (Å²) in [6, 6.07) is 5.66. The number of non-ortho nitro benzene ring substituents is 1. The Labute approximate surface area is 113 Å². The molecule has 0 amide bonds. The molecule has 2 aromatic rings. The van der Waals surface area contributed by atoms with Crippen LogP contribution in [0.1, 0.15) is 19.4 Å². The number of carbonyl (C=O) groups is 1. The standard InChI is InChI=1S/C13H12N2O5/c1-2-10(13(17)18)14-11-5-4-9(15(19)20)7-8(11)3-6-12(14)16/h3-7,10H,2H2,1H3,(H,17,18). The third-order valence-electron chi connectivity index (χ3n) is 3.11. The van der Waals surface area contributed by atoms with Crippen LogP contribution < -0.4 is 5.56 Å². The van der Waals surface area contributed by atoms with Crippen molar-refractivity contribution in [3.05, 3.63) is 50.8 Å². The third kappa shape index (κ3) is 2.25. The predicted octanol–water partition coefficient (Wildman–Crippen LogP) is 1.95. The number of benzene rings is 1. The molecule has 0 bridgehead atoms. The number of carboxylic acid groups (broad SMARTS) is 1. The van der Waals surface area contributed by atoms with Crippen LogP contribution in [-0.2, 0) is 4.79 Å². The number of pyridine rings is 1. The van der Waals surface area contributed by atoms with Gasteiger partial charge in [0.2, 0.25) is 0 Å². The van der Waals surface area contributed by atoms with Gasteiger partial charge in [0.05, 0.1) is 10.4 Å². The fourth-order valence-corrected chi connectivity index (χ4v) is 2.16. The van der Waals surface area contributed by atoms with Gasteiger partial charge in [-0.2, -0.15) is 0 Å². The molecule has 0 aliphatic rings. The molecule has 1 atom stereocenters. The number of hydrogen-bond acceptors (Lipinski definition) is 4. The molecule has 20 heavy (non-hydrogen) atoms. The van der Waals surface area contributed by atoms with Crippen LogP contribution in [0, 0.1) is 10.1 Å². The van der Waals surface area contributed by atoms with Crippen molar-refractivity contribution in [1.29, 1.82) is 0 Å². The summed E-state index contributed by atoms with van der Waals surface area (Å²) < 4.78 is 1.15. The maximum atomic E-state index is 11.9. The Morgan fingerprint density at radius 2 is 2.10 bits per heavy atom. The molecule has 104 valence electrons. The summed E-state index contributed by atoms with van der Waals surface area (Å²) in [4.78, 5) is 33.4. The van der Waals surface area contributed by atoms with E-state index in [0.717, 1.165) is 4.57 Å². The molecule has 7 nitrogen and oxygen atoms in total. The van der Waals surface area contributed by atoms with Gasteiger partial charge in [-0.3, -0.25) is 19.5 Å². The van der Waals surface area contributed by atoms with Gasteiger partial charge >= 0.3 is 5.97 Å². The van der Waals surface area contributed by atoms with Crippen LogP contribution in [0.15, 0.2) is 35.1 Å². The second-order valence-electron chi connectivity index (χ2n) is 4.30. The van der Waals surface area contributed by atoms with Crippen molar-refractivity contribution >= 4 is 22.6 Å². The van der Waals surface area contributed by atoms with Crippen LogP contribution in [0.5, 0.6) is 0 Å². The normalized spacial score (nSPS) is 12.2. The molecule has 0 saturated carbocycles. The van der Waals surface area contributed by atoms with E-state index >= 15 is 0 Å². The van der Waals surface area contributed by atoms with Crippen molar-refractivity contribution < 1.29 is 14.8 Å². The number of carboxylic acids is 1. The summed E-state index contributed by atoms with van der Waals surface area (Å²) in [6.45, 7) is 1.66. The van der Waals surface area contributed by atoms with Crippen molar-refractivity contribution in [3.63, 3.8) is 0 Å². The second-order valence-corrected chi connectivity index (χ2v) is 4.30. The highest BCUT2D eigenvalue weighted by Gasteiger charge is 2.21. The maximum absolute atomic E-state index is 11.9. The fraction of sp³-hybridized carbons (Fsp3) is 0.231. The highest BCUT2D eigenvalue weighted by atomic mass is 16.6. The molecule has 1 aromatic carbocycles. The zero-order chi connectivity index (χ0) is 14.9. The van der Waals surface area contributed by atoms with E-state index in [-0.39, 0.29) is 12.1 Å². The summed E-state index contributed by atoms with van der Waals surface area (Å²) in [7, 11) is 0. The molecule has 0 aliphatic carbocycles. The molecular formula is C13H12N2O5. The van der Waals surface area contributed by atoms with E-state index < -0.39 is 22.5 Å². The van der Waals surface area contributed by atoms with Gasteiger partial charge < -0.3 is 5.11 Å². The third-order valence-corrected chi connectivity index (χ3v) is 3.11. The first-order valence-electron chi connectivity index (χ1n) is 5.98. The molecule has 0 spiro atoms. The lowest BCUT2D eigenvalue weighted by atomic mass is 10.1. The van der Waals surface area contributed by atoms with Gasteiger partial charge in [0.1, 0.15) is 6.04 Å². The molecule has 0 fully saturated rings. The first-order valence-corrected chi connectivity index (χ1v) is 5.98. The van der Waals surface area contributed by atoms with Crippen molar-refractivity contribution in [1.82, 2.24) is 4.57 Å². The van der Waals surface area contributed by atoms with E-state index in [1.807, 2.05) is 0 Å². The monoisotopic (exact) mass is 276 g/mol. The lowest BCUT2D eigenvalue weighted by Crippen LogP contribution is -2.29. The predicted molar refractivity (Wildman–Crippen MR) is 71.8 cm³/mol. The average molecular weight is 276 g/mol. The molecule has 1 N–H and O–H groups in total. The Balaban J connectivity index is 2.77. The van der Waals surface area contributed by atoms with Crippen molar-refractivity contribution in [2.24, 2.45) is 0 Å². The van der Waals surface area contributed by atoms with Crippen molar-refractivity contribution in [3.8, 4) is 0 Å². The van der Waals surface area contributed by atoms with E-state index in [9.17, 15) is 24.8 Å². The Kier molecular flexibility index (Phi) is 3.51. The van der Waals surface area contributed by atoms with E-state index in [2.05, 4.69) is 0 Å².